The summed E-state index contributed by atoms with van der Waals surface area (Å²) in [4.78, 5) is 18.9. The Hall–Kier alpha value is -3.87. The molecule has 0 saturated heterocycles. The third-order valence-corrected chi connectivity index (χ3v) is 7.94. The van der Waals surface area contributed by atoms with Crippen molar-refractivity contribution in [3.05, 3.63) is 86.8 Å². The Kier molecular flexibility index (Phi) is 8.58. The quantitative estimate of drug-likeness (QED) is 0.277. The van der Waals surface area contributed by atoms with Crippen LogP contribution in [0.25, 0.3) is 16.9 Å². The normalized spacial score (nSPS) is 17.5. The summed E-state index contributed by atoms with van der Waals surface area (Å²) in [6, 6.07) is 14.2. The molecule has 0 unspecified atom stereocenters. The number of ether oxygens (including phenoxy) is 1. The SMILES string of the molecule is CCCc1c(Cc2ccc(-c3ccccc3C#N)cc2F)c(=O)n(C2CCC(OCC(C)(C)O)CC2)c2nc(C)nn12. The molecule has 2 aromatic carbocycles. The maximum Gasteiger partial charge on any atom is 0.259 e. The number of nitrogens with zero attached hydrogens (tertiary/aromatic N) is 5. The summed E-state index contributed by atoms with van der Waals surface area (Å²) in [5.41, 5.74) is 2.41. The molecule has 42 heavy (non-hydrogen) atoms. The fourth-order valence-corrected chi connectivity index (χ4v) is 5.90. The summed E-state index contributed by atoms with van der Waals surface area (Å²) in [5, 5.41) is 24.2. The molecule has 0 aliphatic heterocycles. The summed E-state index contributed by atoms with van der Waals surface area (Å²) in [5.74, 6) is 0.675. The third-order valence-electron chi connectivity index (χ3n) is 7.94. The smallest absolute Gasteiger partial charge is 0.259 e. The highest BCUT2D eigenvalue weighted by atomic mass is 19.1. The molecule has 1 aliphatic rings. The van der Waals surface area contributed by atoms with E-state index < -0.39 is 11.4 Å². The molecule has 0 radical (unpaired) electrons. The molecule has 1 aliphatic carbocycles. The van der Waals surface area contributed by atoms with E-state index in [4.69, 9.17) is 4.74 Å². The zero-order chi connectivity index (χ0) is 30.0. The van der Waals surface area contributed by atoms with Crippen molar-refractivity contribution < 1.29 is 14.2 Å². The van der Waals surface area contributed by atoms with Crippen LogP contribution in [0.3, 0.4) is 0 Å². The van der Waals surface area contributed by atoms with Gasteiger partial charge in [-0.2, -0.15) is 15.3 Å². The monoisotopic (exact) mass is 571 g/mol. The minimum absolute atomic E-state index is 0.0246. The van der Waals surface area contributed by atoms with Crippen LogP contribution in [0.15, 0.2) is 47.3 Å². The van der Waals surface area contributed by atoms with E-state index in [1.54, 1.807) is 53.3 Å². The van der Waals surface area contributed by atoms with Crippen LogP contribution in [0.5, 0.6) is 0 Å². The summed E-state index contributed by atoms with van der Waals surface area (Å²) >= 11 is 0. The second kappa shape index (κ2) is 12.2. The van der Waals surface area contributed by atoms with E-state index in [9.17, 15) is 15.2 Å². The standard InChI is InChI=1S/C33H38FN5O3/c1-5-8-30-28(17-23-12-11-22(18-29(23)34)27-10-7-6-9-24(27)19-35)31(40)38(32-36-21(2)37-39(30)32)25-13-15-26(16-14-25)42-20-33(3,4)41/h6-7,9-12,18,25-26,41H,5,8,13-17,20H2,1-4H3. The van der Waals surface area contributed by atoms with Crippen LogP contribution in [-0.4, -0.2) is 42.6 Å². The fraction of sp³-hybridized carbons (Fsp3) is 0.455. The highest BCUT2D eigenvalue weighted by molar-refractivity contribution is 5.70. The number of hydrogen-bond acceptors (Lipinski definition) is 6. The number of fused-ring (bicyclic) bond motifs is 1. The number of aryl methyl sites for hydroxylation is 2. The second-order valence-electron chi connectivity index (χ2n) is 11.9. The van der Waals surface area contributed by atoms with Crippen molar-refractivity contribution in [1.82, 2.24) is 19.2 Å². The van der Waals surface area contributed by atoms with Crippen LogP contribution in [0.2, 0.25) is 0 Å². The first-order chi connectivity index (χ1) is 20.1. The largest absolute Gasteiger partial charge is 0.388 e. The van der Waals surface area contributed by atoms with Crippen molar-refractivity contribution in [1.29, 1.82) is 5.26 Å². The molecule has 1 N–H and O–H groups in total. The second-order valence-corrected chi connectivity index (χ2v) is 11.9. The van der Waals surface area contributed by atoms with Gasteiger partial charge in [-0.05, 0) is 81.7 Å². The predicted molar refractivity (Wildman–Crippen MR) is 159 cm³/mol. The molecule has 0 amide bonds. The van der Waals surface area contributed by atoms with Gasteiger partial charge in [0.1, 0.15) is 11.6 Å². The van der Waals surface area contributed by atoms with Crippen LogP contribution >= 0.6 is 0 Å². The maximum absolute atomic E-state index is 15.6. The number of rotatable bonds is 9. The molecular formula is C33H38FN5O3. The van der Waals surface area contributed by atoms with Gasteiger partial charge in [0.15, 0.2) is 0 Å². The van der Waals surface area contributed by atoms with Gasteiger partial charge < -0.3 is 9.84 Å². The first-order valence-electron chi connectivity index (χ1n) is 14.7. The van der Waals surface area contributed by atoms with Crippen molar-refractivity contribution in [3.8, 4) is 17.2 Å². The molecule has 2 aromatic heterocycles. The number of aliphatic hydroxyl groups is 1. The number of nitriles is 1. The molecule has 1 fully saturated rings. The van der Waals surface area contributed by atoms with E-state index >= 15 is 4.39 Å². The van der Waals surface area contributed by atoms with Crippen molar-refractivity contribution in [2.45, 2.75) is 90.4 Å². The van der Waals surface area contributed by atoms with E-state index in [-0.39, 0.29) is 30.7 Å². The van der Waals surface area contributed by atoms with Gasteiger partial charge in [-0.25, -0.2) is 8.91 Å². The molecule has 5 rings (SSSR count). The molecule has 4 aromatic rings. The lowest BCUT2D eigenvalue weighted by atomic mass is 9.92. The topological polar surface area (TPSA) is 105 Å². The Morgan fingerprint density at radius 2 is 1.90 bits per heavy atom. The molecule has 2 heterocycles. The van der Waals surface area contributed by atoms with Gasteiger partial charge in [-0.15, -0.1) is 0 Å². The molecule has 0 spiro atoms. The minimum Gasteiger partial charge on any atom is -0.388 e. The molecule has 0 bridgehead atoms. The molecule has 9 heteroatoms. The van der Waals surface area contributed by atoms with E-state index in [1.165, 1.54) is 6.07 Å². The van der Waals surface area contributed by atoms with Crippen LogP contribution in [0, 0.1) is 24.1 Å². The van der Waals surface area contributed by atoms with Crippen molar-refractivity contribution in [2.24, 2.45) is 0 Å². The van der Waals surface area contributed by atoms with Gasteiger partial charge in [0, 0.05) is 18.0 Å². The van der Waals surface area contributed by atoms with Gasteiger partial charge in [0.2, 0.25) is 5.78 Å². The van der Waals surface area contributed by atoms with E-state index in [1.807, 2.05) is 19.9 Å². The lowest BCUT2D eigenvalue weighted by Crippen LogP contribution is -2.36. The molecular weight excluding hydrogens is 533 g/mol. The van der Waals surface area contributed by atoms with Crippen LogP contribution < -0.4 is 5.56 Å². The van der Waals surface area contributed by atoms with Crippen LogP contribution in [0.1, 0.15) is 87.1 Å². The molecule has 8 nitrogen and oxygen atoms in total. The first-order valence-corrected chi connectivity index (χ1v) is 14.7. The number of benzene rings is 2. The Bertz CT molecular complexity index is 1690. The summed E-state index contributed by atoms with van der Waals surface area (Å²) in [7, 11) is 0. The van der Waals surface area contributed by atoms with Crippen molar-refractivity contribution >= 4 is 5.78 Å². The molecule has 1 saturated carbocycles. The zero-order valence-corrected chi connectivity index (χ0v) is 24.7. The van der Waals surface area contributed by atoms with Gasteiger partial charge in [0.25, 0.3) is 5.56 Å². The van der Waals surface area contributed by atoms with E-state index in [0.717, 1.165) is 37.8 Å². The number of halogens is 1. The maximum atomic E-state index is 15.6. The predicted octanol–water partition coefficient (Wildman–Crippen LogP) is 5.69. The molecule has 0 atom stereocenters. The van der Waals surface area contributed by atoms with Crippen LogP contribution in [0.4, 0.5) is 4.39 Å². The summed E-state index contributed by atoms with van der Waals surface area (Å²) in [6.45, 7) is 7.57. The Labute approximate surface area is 245 Å². The van der Waals surface area contributed by atoms with Crippen molar-refractivity contribution in [3.63, 3.8) is 0 Å². The Morgan fingerprint density at radius 3 is 2.57 bits per heavy atom. The summed E-state index contributed by atoms with van der Waals surface area (Å²) in [6.07, 6.45) is 4.53. The minimum atomic E-state index is -0.893. The van der Waals surface area contributed by atoms with Gasteiger partial charge in [0.05, 0.1) is 35.6 Å². The Morgan fingerprint density at radius 1 is 1.17 bits per heavy atom. The highest BCUT2D eigenvalue weighted by Gasteiger charge is 2.29. The number of hydrogen-bond donors (Lipinski definition) is 1. The van der Waals surface area contributed by atoms with E-state index in [2.05, 4.69) is 16.2 Å². The van der Waals surface area contributed by atoms with Crippen molar-refractivity contribution in [2.75, 3.05) is 6.61 Å². The highest BCUT2D eigenvalue weighted by Crippen LogP contribution is 2.32. The van der Waals surface area contributed by atoms with Crippen LogP contribution in [-0.2, 0) is 17.6 Å². The fourth-order valence-electron chi connectivity index (χ4n) is 5.90. The average molecular weight is 572 g/mol. The van der Waals surface area contributed by atoms with Gasteiger partial charge >= 0.3 is 0 Å². The first kappa shape index (κ1) is 29.6. The molecule has 220 valence electrons. The Balaban J connectivity index is 1.52. The summed E-state index contributed by atoms with van der Waals surface area (Å²) < 4.78 is 25.1. The zero-order valence-electron chi connectivity index (χ0n) is 24.7. The van der Waals surface area contributed by atoms with E-state index in [0.29, 0.717) is 45.8 Å². The number of aromatic nitrogens is 4. The lowest BCUT2D eigenvalue weighted by molar-refractivity contribution is -0.0654. The van der Waals surface area contributed by atoms with Gasteiger partial charge in [-0.1, -0.05) is 43.7 Å². The average Bonchev–Trinajstić information content (AvgIpc) is 3.35. The van der Waals surface area contributed by atoms with Gasteiger partial charge in [-0.3, -0.25) is 9.36 Å². The third kappa shape index (κ3) is 6.15. The lowest BCUT2D eigenvalue weighted by Gasteiger charge is -2.32.